The molecule has 94 valence electrons. The molecule has 1 aliphatic rings. The van der Waals surface area contributed by atoms with Gasteiger partial charge in [0.05, 0.1) is 12.7 Å². The van der Waals surface area contributed by atoms with Crippen LogP contribution in [-0.4, -0.2) is 53.7 Å². The van der Waals surface area contributed by atoms with Crippen LogP contribution < -0.4 is 0 Å². The molecule has 0 aromatic rings. The number of aliphatic hydroxyl groups excluding tert-OH is 1. The van der Waals surface area contributed by atoms with Gasteiger partial charge < -0.3 is 9.84 Å². The van der Waals surface area contributed by atoms with Crippen molar-refractivity contribution in [3.63, 3.8) is 0 Å². The van der Waals surface area contributed by atoms with Crippen molar-refractivity contribution in [3.8, 4) is 0 Å². The lowest BCUT2D eigenvalue weighted by molar-refractivity contribution is -0.123. The molecule has 0 aromatic heterocycles. The number of hydrogen-bond acceptors (Lipinski definition) is 4. The molecule has 0 spiro atoms. The molecule has 1 saturated heterocycles. The summed E-state index contributed by atoms with van der Waals surface area (Å²) in [4.78, 5) is 13.0. The lowest BCUT2D eigenvalue weighted by Gasteiger charge is -2.31. The van der Waals surface area contributed by atoms with Crippen molar-refractivity contribution in [2.24, 2.45) is 0 Å². The predicted octanol–water partition coefficient (Wildman–Crippen LogP) is 0.826. The molecule has 0 radical (unpaired) electrons. The Hall–Kier alpha value is -0.450. The average molecular weight is 229 g/mol. The molecule has 0 saturated carbocycles. The second kappa shape index (κ2) is 6.33. The molecule has 1 N–H and O–H groups in total. The predicted molar refractivity (Wildman–Crippen MR) is 62.4 cm³/mol. The molecule has 1 fully saturated rings. The van der Waals surface area contributed by atoms with E-state index in [0.29, 0.717) is 6.04 Å². The first-order valence-corrected chi connectivity index (χ1v) is 6.03. The highest BCUT2D eigenvalue weighted by molar-refractivity contribution is 5.76. The zero-order valence-electron chi connectivity index (χ0n) is 10.5. The molecule has 0 aliphatic carbocycles. The van der Waals surface area contributed by atoms with Gasteiger partial charge in [-0.15, -0.1) is 0 Å². The van der Waals surface area contributed by atoms with Crippen molar-refractivity contribution in [1.29, 1.82) is 0 Å². The fourth-order valence-corrected chi connectivity index (χ4v) is 2.30. The lowest BCUT2D eigenvalue weighted by atomic mass is 10.1. The van der Waals surface area contributed by atoms with E-state index in [0.717, 1.165) is 19.4 Å². The Morgan fingerprint density at radius 2 is 2.25 bits per heavy atom. The second-order valence-corrected chi connectivity index (χ2v) is 4.83. The van der Waals surface area contributed by atoms with Crippen LogP contribution in [0.15, 0.2) is 0 Å². The minimum atomic E-state index is -0.482. The largest absolute Gasteiger partial charge is 0.389 e. The van der Waals surface area contributed by atoms with E-state index in [1.54, 1.807) is 0 Å². The van der Waals surface area contributed by atoms with E-state index in [1.165, 1.54) is 6.92 Å². The first kappa shape index (κ1) is 13.6. The maximum Gasteiger partial charge on any atom is 0.155 e. The first-order chi connectivity index (χ1) is 7.52. The molecule has 0 aromatic carbocycles. The summed E-state index contributed by atoms with van der Waals surface area (Å²) >= 11 is 0. The van der Waals surface area contributed by atoms with Crippen LogP contribution in [0.3, 0.4) is 0 Å². The molecule has 0 unspecified atom stereocenters. The number of nitrogens with zero attached hydrogens (tertiary/aromatic N) is 1. The summed E-state index contributed by atoms with van der Waals surface area (Å²) in [6, 6.07) is 0.641. The van der Waals surface area contributed by atoms with Crippen molar-refractivity contribution >= 4 is 5.78 Å². The van der Waals surface area contributed by atoms with E-state index in [2.05, 4.69) is 18.7 Å². The number of aliphatic hydroxyl groups is 1. The molecule has 1 aliphatic heterocycles. The third-order valence-corrected chi connectivity index (χ3v) is 3.04. The maximum atomic E-state index is 10.7. The number of hydrogen-bond donors (Lipinski definition) is 1. The quantitative estimate of drug-likeness (QED) is 0.733. The van der Waals surface area contributed by atoms with E-state index in [4.69, 9.17) is 4.74 Å². The first-order valence-electron chi connectivity index (χ1n) is 6.03. The molecule has 4 nitrogen and oxygen atoms in total. The number of carbonyl (C=O) groups excluding carboxylic acids is 1. The Balaban J connectivity index is 2.34. The molecular formula is C12H23NO3. The minimum absolute atomic E-state index is 0.000613. The average Bonchev–Trinajstić information content (AvgIpc) is 2.65. The highest BCUT2D eigenvalue weighted by atomic mass is 16.5. The second-order valence-electron chi connectivity index (χ2n) is 4.83. The van der Waals surface area contributed by atoms with Gasteiger partial charge in [-0.05, 0) is 40.2 Å². The smallest absolute Gasteiger partial charge is 0.155 e. The van der Waals surface area contributed by atoms with Gasteiger partial charge in [-0.1, -0.05) is 0 Å². The summed E-state index contributed by atoms with van der Waals surface area (Å²) in [5, 5.41) is 10.0. The third kappa shape index (κ3) is 3.85. The van der Waals surface area contributed by atoms with Crippen LogP contribution in [0.25, 0.3) is 0 Å². The SMILES string of the molecule is CC(=O)COC[C@@H](O)[C@@H]1CCCN1C(C)C. The Kier molecular flexibility index (Phi) is 5.38. The highest BCUT2D eigenvalue weighted by Gasteiger charge is 2.32. The zero-order chi connectivity index (χ0) is 12.1. The monoisotopic (exact) mass is 229 g/mol. The Morgan fingerprint density at radius 1 is 1.56 bits per heavy atom. The molecule has 2 atom stereocenters. The molecule has 4 heteroatoms. The summed E-state index contributed by atoms with van der Waals surface area (Å²) in [6.45, 7) is 7.18. The maximum absolute atomic E-state index is 10.7. The normalized spacial score (nSPS) is 23.9. The van der Waals surface area contributed by atoms with Crippen molar-refractivity contribution in [1.82, 2.24) is 4.90 Å². The van der Waals surface area contributed by atoms with Crippen molar-refractivity contribution < 1.29 is 14.6 Å². The van der Waals surface area contributed by atoms with E-state index in [9.17, 15) is 9.90 Å². The number of ketones is 1. The zero-order valence-corrected chi connectivity index (χ0v) is 10.5. The van der Waals surface area contributed by atoms with Crippen LogP contribution in [0.5, 0.6) is 0 Å². The third-order valence-electron chi connectivity index (χ3n) is 3.04. The fourth-order valence-electron chi connectivity index (χ4n) is 2.30. The Labute approximate surface area is 97.6 Å². The van der Waals surface area contributed by atoms with Crippen LogP contribution in [0.1, 0.15) is 33.6 Å². The number of ether oxygens (including phenoxy) is 1. The van der Waals surface area contributed by atoms with E-state index >= 15 is 0 Å². The number of carbonyl (C=O) groups is 1. The van der Waals surface area contributed by atoms with Gasteiger partial charge in [0.15, 0.2) is 5.78 Å². The van der Waals surface area contributed by atoms with Crippen molar-refractivity contribution in [3.05, 3.63) is 0 Å². The van der Waals surface area contributed by atoms with Crippen LogP contribution in [0.4, 0.5) is 0 Å². The highest BCUT2D eigenvalue weighted by Crippen LogP contribution is 2.22. The van der Waals surface area contributed by atoms with Crippen LogP contribution in [0, 0.1) is 0 Å². The summed E-state index contributed by atoms with van der Waals surface area (Å²) < 4.78 is 5.17. The lowest BCUT2D eigenvalue weighted by Crippen LogP contribution is -2.44. The van der Waals surface area contributed by atoms with Gasteiger partial charge in [-0.2, -0.15) is 0 Å². The van der Waals surface area contributed by atoms with Crippen molar-refractivity contribution in [2.45, 2.75) is 51.8 Å². The fraction of sp³-hybridized carbons (Fsp3) is 0.917. The Bertz CT molecular complexity index is 230. The number of likely N-dealkylation sites (tertiary alicyclic amines) is 1. The molecule has 0 amide bonds. The number of rotatable bonds is 6. The van der Waals surface area contributed by atoms with Gasteiger partial charge >= 0.3 is 0 Å². The van der Waals surface area contributed by atoms with Gasteiger partial charge in [0.2, 0.25) is 0 Å². The standard InChI is InChI=1S/C12H23NO3/c1-9(2)13-6-4-5-11(13)12(15)8-16-7-10(3)14/h9,11-12,15H,4-8H2,1-3H3/t11-,12+/m0/s1. The van der Waals surface area contributed by atoms with Crippen LogP contribution >= 0.6 is 0 Å². The summed E-state index contributed by atoms with van der Waals surface area (Å²) in [6.07, 6.45) is 1.67. The van der Waals surface area contributed by atoms with Gasteiger partial charge in [0.1, 0.15) is 6.61 Å². The van der Waals surface area contributed by atoms with E-state index < -0.39 is 6.10 Å². The summed E-state index contributed by atoms with van der Waals surface area (Å²) in [7, 11) is 0. The van der Waals surface area contributed by atoms with Gasteiger partial charge in [0, 0.05) is 12.1 Å². The minimum Gasteiger partial charge on any atom is -0.389 e. The summed E-state index contributed by atoms with van der Waals surface area (Å²) in [5.41, 5.74) is 0. The number of Topliss-reactive ketones (excluding diaryl/α,β-unsaturated/α-hetero) is 1. The molecule has 0 bridgehead atoms. The van der Waals surface area contributed by atoms with Gasteiger partial charge in [-0.25, -0.2) is 0 Å². The van der Waals surface area contributed by atoms with Crippen LogP contribution in [-0.2, 0) is 9.53 Å². The Morgan fingerprint density at radius 3 is 2.81 bits per heavy atom. The summed E-state index contributed by atoms with van der Waals surface area (Å²) in [5.74, 6) is -0.000613. The van der Waals surface area contributed by atoms with Gasteiger partial charge in [-0.3, -0.25) is 9.69 Å². The topological polar surface area (TPSA) is 49.8 Å². The van der Waals surface area contributed by atoms with E-state index in [1.807, 2.05) is 0 Å². The van der Waals surface area contributed by atoms with Crippen molar-refractivity contribution in [2.75, 3.05) is 19.8 Å². The van der Waals surface area contributed by atoms with Crippen LogP contribution in [0.2, 0.25) is 0 Å². The molecular weight excluding hydrogens is 206 g/mol. The molecule has 16 heavy (non-hydrogen) atoms. The molecule has 1 rings (SSSR count). The molecule has 1 heterocycles. The van der Waals surface area contributed by atoms with E-state index in [-0.39, 0.29) is 25.0 Å². The van der Waals surface area contributed by atoms with Gasteiger partial charge in [0.25, 0.3) is 0 Å².